The van der Waals surface area contributed by atoms with Gasteiger partial charge in [0.2, 0.25) is 0 Å². The lowest BCUT2D eigenvalue weighted by Crippen LogP contribution is -2.49. The lowest BCUT2D eigenvalue weighted by atomic mass is 9.82. The third-order valence-electron chi connectivity index (χ3n) is 14.0. The van der Waals surface area contributed by atoms with Gasteiger partial charge in [0.1, 0.15) is 0 Å². The molecule has 2 heterocycles. The van der Waals surface area contributed by atoms with Gasteiger partial charge in [-0.25, -0.2) is 0 Å². The molecule has 0 bridgehead atoms. The molecule has 0 saturated heterocycles. The highest BCUT2D eigenvalue weighted by molar-refractivity contribution is 7.04. The Bertz CT molecular complexity index is 3390. The van der Waals surface area contributed by atoms with Crippen LogP contribution in [0.15, 0.2) is 206 Å². The number of benzene rings is 9. The van der Waals surface area contributed by atoms with Crippen LogP contribution in [-0.4, -0.2) is 12.6 Å². The molecule has 0 saturated carbocycles. The highest BCUT2D eigenvalue weighted by atomic mass is 28.3. The first-order valence-electron chi connectivity index (χ1n) is 21.8. The molecule has 1 aliphatic carbocycles. The summed E-state index contributed by atoms with van der Waals surface area (Å²) in [5.74, 6) is 0. The Balaban J connectivity index is 1.03. The zero-order valence-corrected chi connectivity index (χ0v) is 36.5. The Kier molecular flexibility index (Phi) is 8.07. The molecule has 2 aliphatic rings. The van der Waals surface area contributed by atoms with E-state index in [1.807, 2.05) is 0 Å². The molecule has 0 atom stereocenters. The fourth-order valence-corrected chi connectivity index (χ4v) is 13.9. The van der Waals surface area contributed by atoms with Gasteiger partial charge in [-0.3, -0.25) is 0 Å². The largest absolute Gasteiger partial charge is 0.311 e. The van der Waals surface area contributed by atoms with Crippen molar-refractivity contribution in [3.05, 3.63) is 217 Å². The molecular weight excluding hydrogens is 765 g/mol. The summed E-state index contributed by atoms with van der Waals surface area (Å²) in [6, 6.07) is 77.0. The van der Waals surface area contributed by atoms with Crippen molar-refractivity contribution in [3.8, 4) is 50.2 Å². The first-order valence-corrected chi connectivity index (χ1v) is 24.8. The van der Waals surface area contributed by atoms with Gasteiger partial charge in [-0.2, -0.15) is 23.5 Å². The summed E-state index contributed by atoms with van der Waals surface area (Å²) in [5, 5.41) is 5.49. The minimum absolute atomic E-state index is 0.119. The molecule has 0 fully saturated rings. The van der Waals surface area contributed by atoms with E-state index in [0.717, 1.165) is 11.4 Å². The molecule has 0 amide bonds. The molecule has 3 heteroatoms. The average molecular weight is 811 g/mol. The first-order chi connectivity index (χ1) is 30.3. The van der Waals surface area contributed by atoms with Crippen LogP contribution in [0.5, 0.6) is 0 Å². The summed E-state index contributed by atoms with van der Waals surface area (Å²) in [7, 11) is -2.08. The Labute approximate surface area is 365 Å². The SMILES string of the molecule is CC1(C)c2ccccc2-c2ccc(N(c3ccc4c(c3)[Si-](C)(C)c3cc(-c5ccccc5)ccc3-4)c3ccc4c(c3)c3ccccc3n4-c3ccc(-c4ccccc4)cc3)cc21. The van der Waals surface area contributed by atoms with Gasteiger partial charge < -0.3 is 9.47 Å². The summed E-state index contributed by atoms with van der Waals surface area (Å²) in [5.41, 5.74) is 20.1. The van der Waals surface area contributed by atoms with Crippen LogP contribution in [0.2, 0.25) is 13.1 Å². The number of para-hydroxylation sites is 1. The molecule has 1 aliphatic heterocycles. The molecule has 0 unspecified atom stereocenters. The van der Waals surface area contributed by atoms with E-state index in [2.05, 4.69) is 243 Å². The van der Waals surface area contributed by atoms with E-state index < -0.39 is 8.07 Å². The third kappa shape index (κ3) is 5.48. The average Bonchev–Trinajstić information content (AvgIpc) is 3.86. The zero-order chi connectivity index (χ0) is 41.7. The van der Waals surface area contributed by atoms with Crippen LogP contribution in [0.1, 0.15) is 25.0 Å². The summed E-state index contributed by atoms with van der Waals surface area (Å²) in [4.78, 5) is 2.52. The fourth-order valence-electron chi connectivity index (χ4n) is 10.8. The van der Waals surface area contributed by atoms with Crippen molar-refractivity contribution < 1.29 is 0 Å². The number of anilines is 3. The Morgan fingerprint density at radius 3 is 1.66 bits per heavy atom. The Morgan fingerprint density at radius 1 is 0.387 bits per heavy atom. The molecule has 1 aromatic heterocycles. The molecule has 62 heavy (non-hydrogen) atoms. The predicted octanol–water partition coefficient (Wildman–Crippen LogP) is 14.7. The zero-order valence-electron chi connectivity index (χ0n) is 35.5. The minimum Gasteiger partial charge on any atom is -0.311 e. The Hall–Kier alpha value is -7.20. The Morgan fingerprint density at radius 2 is 0.903 bits per heavy atom. The van der Waals surface area contributed by atoms with Crippen molar-refractivity contribution in [2.75, 3.05) is 4.90 Å². The second-order valence-corrected chi connectivity index (χ2v) is 22.5. The number of nitrogens with zero attached hydrogens (tertiary/aromatic N) is 2. The van der Waals surface area contributed by atoms with Crippen LogP contribution < -0.4 is 15.3 Å². The van der Waals surface area contributed by atoms with Gasteiger partial charge in [0, 0.05) is 38.9 Å². The lowest BCUT2D eigenvalue weighted by Gasteiger charge is -2.34. The molecule has 12 rings (SSSR count). The van der Waals surface area contributed by atoms with Crippen molar-refractivity contribution >= 4 is 57.3 Å². The number of aromatic nitrogens is 1. The molecule has 0 N–H and O–H groups in total. The summed E-state index contributed by atoms with van der Waals surface area (Å²) in [6.45, 7) is 9.82. The van der Waals surface area contributed by atoms with E-state index in [9.17, 15) is 0 Å². The van der Waals surface area contributed by atoms with Crippen LogP contribution in [0.3, 0.4) is 0 Å². The van der Waals surface area contributed by atoms with Crippen molar-refractivity contribution in [1.82, 2.24) is 4.57 Å². The van der Waals surface area contributed by atoms with E-state index in [1.165, 1.54) is 99.2 Å². The molecule has 0 radical (unpaired) electrons. The third-order valence-corrected chi connectivity index (χ3v) is 17.5. The van der Waals surface area contributed by atoms with E-state index in [-0.39, 0.29) is 5.41 Å². The number of hydrogen-bond acceptors (Lipinski definition) is 1. The van der Waals surface area contributed by atoms with Gasteiger partial charge in [-0.1, -0.05) is 185 Å². The van der Waals surface area contributed by atoms with Crippen molar-refractivity contribution in [3.63, 3.8) is 0 Å². The summed E-state index contributed by atoms with van der Waals surface area (Å²) < 4.78 is 2.42. The topological polar surface area (TPSA) is 8.17 Å². The fraction of sp³-hybridized carbons (Fsp3) is 0.0847. The highest BCUT2D eigenvalue weighted by Crippen LogP contribution is 2.51. The number of fused-ring (bicyclic) bond motifs is 9. The smallest absolute Gasteiger partial charge is 0.0542 e. The second-order valence-electron chi connectivity index (χ2n) is 18.2. The quantitative estimate of drug-likeness (QED) is 0.152. The summed E-state index contributed by atoms with van der Waals surface area (Å²) in [6.07, 6.45) is 0. The molecule has 2 nitrogen and oxygen atoms in total. The minimum atomic E-state index is -2.08. The van der Waals surface area contributed by atoms with Gasteiger partial charge in [0.05, 0.1) is 11.0 Å². The van der Waals surface area contributed by atoms with Crippen molar-refractivity contribution in [1.29, 1.82) is 0 Å². The van der Waals surface area contributed by atoms with Crippen molar-refractivity contribution in [2.45, 2.75) is 32.4 Å². The van der Waals surface area contributed by atoms with Gasteiger partial charge in [0.15, 0.2) is 0 Å². The van der Waals surface area contributed by atoms with Crippen LogP contribution in [0.25, 0.3) is 72.0 Å². The van der Waals surface area contributed by atoms with Gasteiger partial charge >= 0.3 is 0 Å². The predicted molar refractivity (Wildman–Crippen MR) is 266 cm³/mol. The maximum atomic E-state index is 2.53. The van der Waals surface area contributed by atoms with E-state index in [0.29, 0.717) is 0 Å². The molecule has 0 spiro atoms. The van der Waals surface area contributed by atoms with Crippen molar-refractivity contribution in [2.24, 2.45) is 0 Å². The van der Waals surface area contributed by atoms with Crippen LogP contribution in [0.4, 0.5) is 17.1 Å². The van der Waals surface area contributed by atoms with Crippen LogP contribution >= 0.6 is 0 Å². The van der Waals surface area contributed by atoms with Crippen LogP contribution in [-0.2, 0) is 5.41 Å². The van der Waals surface area contributed by atoms with Gasteiger partial charge in [0.25, 0.3) is 0 Å². The first kappa shape index (κ1) is 36.6. The van der Waals surface area contributed by atoms with E-state index >= 15 is 0 Å². The molecule has 297 valence electrons. The summed E-state index contributed by atoms with van der Waals surface area (Å²) >= 11 is 0. The number of hydrogen-bond donors (Lipinski definition) is 0. The maximum absolute atomic E-state index is 2.53. The standard InChI is InChI=1S/C59H46N2Si/c1-59(2)53-21-13-11-19-47(53)48-32-28-45(37-54(48)59)60(46-29-33-51-50-31-25-42(40-17-9-6-10-18-40)35-57(50)62(3,4)58(51)38-46)44-30-34-56-52(36-44)49-20-12-14-22-55(49)61(56)43-26-23-41(24-27-43)39-15-7-5-8-16-39/h5-38H,1-4H3/q-1. The highest BCUT2D eigenvalue weighted by Gasteiger charge is 2.36. The van der Waals surface area contributed by atoms with E-state index in [1.54, 1.807) is 0 Å². The number of rotatable bonds is 6. The molecule has 9 aromatic carbocycles. The van der Waals surface area contributed by atoms with Gasteiger partial charge in [-0.15, -0.1) is 0 Å². The lowest BCUT2D eigenvalue weighted by molar-refractivity contribution is 0.660. The molecular formula is C59H46N2Si-. The monoisotopic (exact) mass is 810 g/mol. The second kappa shape index (κ2) is 13.7. The van der Waals surface area contributed by atoms with E-state index in [4.69, 9.17) is 0 Å². The van der Waals surface area contributed by atoms with Gasteiger partial charge in [-0.05, 0) is 99.1 Å². The normalized spacial score (nSPS) is 14.1. The van der Waals surface area contributed by atoms with Crippen LogP contribution in [0, 0.1) is 0 Å². The maximum Gasteiger partial charge on any atom is 0.0542 e. The molecule has 10 aromatic rings.